The van der Waals surface area contributed by atoms with Gasteiger partial charge in [-0.3, -0.25) is 14.5 Å². The Labute approximate surface area is 129 Å². The van der Waals surface area contributed by atoms with Gasteiger partial charge in [0.1, 0.15) is 6.04 Å². The third-order valence-electron chi connectivity index (χ3n) is 3.22. The molecule has 0 aromatic carbocycles. The quantitative estimate of drug-likeness (QED) is 0.709. The van der Waals surface area contributed by atoms with Crippen LogP contribution in [0.25, 0.3) is 0 Å². The smallest absolute Gasteiger partial charge is 0.320 e. The predicted octanol–water partition coefficient (Wildman–Crippen LogP) is 2.06. The minimum atomic E-state index is -0.902. The molecule has 0 saturated carbocycles. The first kappa shape index (κ1) is 17.4. The first-order valence-electron chi connectivity index (χ1n) is 6.83. The molecule has 1 rings (SSSR count). The second-order valence-corrected chi connectivity index (χ2v) is 5.85. The van der Waals surface area contributed by atoms with Crippen molar-refractivity contribution in [3.8, 4) is 0 Å². The molecule has 1 atom stereocenters. The Kier molecular flexibility index (Phi) is 7.11. The van der Waals surface area contributed by atoms with Crippen LogP contribution in [0.15, 0.2) is 30.2 Å². The van der Waals surface area contributed by atoms with Gasteiger partial charge in [0.2, 0.25) is 5.91 Å². The number of carboxylic acid groups (broad SMARTS) is 1. The van der Waals surface area contributed by atoms with Crippen LogP contribution in [0.1, 0.15) is 18.2 Å². The molecule has 1 unspecified atom stereocenters. The van der Waals surface area contributed by atoms with Gasteiger partial charge in [0.05, 0.1) is 13.1 Å². The van der Waals surface area contributed by atoms with Crippen LogP contribution < -0.4 is 0 Å². The molecular weight excluding hydrogens is 288 g/mol. The zero-order chi connectivity index (χ0) is 15.8. The summed E-state index contributed by atoms with van der Waals surface area (Å²) in [5.74, 6) is -0.994. The summed E-state index contributed by atoms with van der Waals surface area (Å²) in [6.45, 7) is 6.54. The zero-order valence-corrected chi connectivity index (χ0v) is 13.3. The lowest BCUT2D eigenvalue weighted by molar-refractivity contribution is -0.144. The van der Waals surface area contributed by atoms with Gasteiger partial charge in [0.25, 0.3) is 0 Å². The summed E-state index contributed by atoms with van der Waals surface area (Å²) in [7, 11) is 1.66. The van der Waals surface area contributed by atoms with E-state index in [1.165, 1.54) is 0 Å². The van der Waals surface area contributed by atoms with E-state index in [1.807, 2.05) is 17.5 Å². The Bertz CT molecular complexity index is 473. The van der Waals surface area contributed by atoms with Crippen molar-refractivity contribution in [1.29, 1.82) is 0 Å². The number of nitrogens with zero attached hydrogens (tertiary/aromatic N) is 2. The molecule has 0 aliphatic rings. The second-order valence-electron chi connectivity index (χ2n) is 4.82. The van der Waals surface area contributed by atoms with Crippen LogP contribution in [0.2, 0.25) is 0 Å². The van der Waals surface area contributed by atoms with Crippen molar-refractivity contribution in [3.63, 3.8) is 0 Å². The van der Waals surface area contributed by atoms with Crippen molar-refractivity contribution >= 4 is 23.2 Å². The number of carbonyl (C=O) groups excluding carboxylic acids is 1. The van der Waals surface area contributed by atoms with Gasteiger partial charge in [-0.2, -0.15) is 0 Å². The van der Waals surface area contributed by atoms with Gasteiger partial charge in [-0.25, -0.2) is 0 Å². The lowest BCUT2D eigenvalue weighted by atomic mass is 10.2. The summed E-state index contributed by atoms with van der Waals surface area (Å²) in [4.78, 5) is 27.8. The molecule has 21 heavy (non-hydrogen) atoms. The van der Waals surface area contributed by atoms with E-state index in [4.69, 9.17) is 5.11 Å². The average Bonchev–Trinajstić information content (AvgIpc) is 2.91. The van der Waals surface area contributed by atoms with Crippen LogP contribution >= 0.6 is 11.3 Å². The molecule has 5 nitrogen and oxygen atoms in total. The first-order chi connectivity index (χ1) is 9.99. The first-order valence-corrected chi connectivity index (χ1v) is 7.71. The maximum atomic E-state index is 12.4. The third-order valence-corrected chi connectivity index (χ3v) is 4.08. The summed E-state index contributed by atoms with van der Waals surface area (Å²) >= 11 is 1.59. The average molecular weight is 310 g/mol. The van der Waals surface area contributed by atoms with E-state index in [1.54, 1.807) is 41.2 Å². The van der Waals surface area contributed by atoms with Gasteiger partial charge in [-0.15, -0.1) is 17.9 Å². The molecule has 1 aromatic rings. The van der Waals surface area contributed by atoms with Crippen LogP contribution in [0, 0.1) is 0 Å². The molecular formula is C15H22N2O3S. The van der Waals surface area contributed by atoms with Gasteiger partial charge < -0.3 is 10.0 Å². The minimum absolute atomic E-state index is 0.0873. The molecule has 0 bridgehead atoms. The number of rotatable bonds is 9. The number of carbonyl (C=O) groups is 2. The Hall–Kier alpha value is -1.66. The summed E-state index contributed by atoms with van der Waals surface area (Å²) in [6.07, 6.45) is 2.14. The lowest BCUT2D eigenvalue weighted by Gasteiger charge is -2.27. The number of amides is 1. The van der Waals surface area contributed by atoms with Crippen molar-refractivity contribution < 1.29 is 14.7 Å². The molecule has 0 aliphatic heterocycles. The number of hydrogen-bond donors (Lipinski definition) is 1. The fourth-order valence-corrected chi connectivity index (χ4v) is 2.82. The number of likely N-dealkylation sites (N-methyl/N-ethyl adjacent to an activating group) is 1. The van der Waals surface area contributed by atoms with E-state index in [0.29, 0.717) is 19.5 Å². The van der Waals surface area contributed by atoms with Crippen LogP contribution in [-0.2, 0) is 16.1 Å². The highest BCUT2D eigenvalue weighted by atomic mass is 32.1. The van der Waals surface area contributed by atoms with E-state index >= 15 is 0 Å². The monoisotopic (exact) mass is 310 g/mol. The summed E-state index contributed by atoms with van der Waals surface area (Å²) < 4.78 is 0. The molecule has 1 heterocycles. The van der Waals surface area contributed by atoms with Crippen LogP contribution in [0.5, 0.6) is 0 Å². The zero-order valence-electron chi connectivity index (χ0n) is 12.5. The van der Waals surface area contributed by atoms with E-state index in [-0.39, 0.29) is 12.5 Å². The molecule has 0 radical (unpaired) electrons. The van der Waals surface area contributed by atoms with E-state index in [9.17, 15) is 9.59 Å². The minimum Gasteiger partial charge on any atom is -0.480 e. The van der Waals surface area contributed by atoms with E-state index < -0.39 is 12.0 Å². The summed E-state index contributed by atoms with van der Waals surface area (Å²) in [5.41, 5.74) is 0. The Morgan fingerprint density at radius 2 is 2.24 bits per heavy atom. The largest absolute Gasteiger partial charge is 0.480 e. The highest BCUT2D eigenvalue weighted by Crippen LogP contribution is 2.12. The number of aliphatic carboxylic acids is 1. The molecule has 6 heteroatoms. The lowest BCUT2D eigenvalue weighted by Crippen LogP contribution is -2.45. The second kappa shape index (κ2) is 8.59. The topological polar surface area (TPSA) is 60.9 Å². The molecule has 0 aliphatic carbocycles. The summed E-state index contributed by atoms with van der Waals surface area (Å²) in [6, 6.07) is 3.28. The SMILES string of the molecule is C=CCN(Cc1cccs1)C(=O)CN(C)C(CC)C(=O)O. The molecule has 0 saturated heterocycles. The van der Waals surface area contributed by atoms with Gasteiger partial charge >= 0.3 is 5.97 Å². The predicted molar refractivity (Wildman–Crippen MR) is 84.3 cm³/mol. The Morgan fingerprint density at radius 3 is 2.71 bits per heavy atom. The third kappa shape index (κ3) is 5.32. The van der Waals surface area contributed by atoms with E-state index in [0.717, 1.165) is 4.88 Å². The summed E-state index contributed by atoms with van der Waals surface area (Å²) in [5, 5.41) is 11.1. The van der Waals surface area contributed by atoms with Crippen LogP contribution in [0.4, 0.5) is 0 Å². The van der Waals surface area contributed by atoms with Crippen molar-refractivity contribution in [2.45, 2.75) is 25.9 Å². The molecule has 1 N–H and O–H groups in total. The Balaban J connectivity index is 2.67. The number of thiophene rings is 1. The van der Waals surface area contributed by atoms with Crippen molar-refractivity contribution in [2.24, 2.45) is 0 Å². The van der Waals surface area contributed by atoms with Gasteiger partial charge in [0.15, 0.2) is 0 Å². The van der Waals surface area contributed by atoms with Crippen LogP contribution in [-0.4, -0.2) is 53.0 Å². The van der Waals surface area contributed by atoms with Crippen molar-refractivity contribution in [2.75, 3.05) is 20.1 Å². The van der Waals surface area contributed by atoms with Crippen molar-refractivity contribution in [1.82, 2.24) is 9.80 Å². The van der Waals surface area contributed by atoms with E-state index in [2.05, 4.69) is 6.58 Å². The molecule has 0 fully saturated rings. The normalized spacial score (nSPS) is 12.1. The number of carboxylic acids is 1. The Morgan fingerprint density at radius 1 is 1.52 bits per heavy atom. The number of hydrogen-bond acceptors (Lipinski definition) is 4. The fourth-order valence-electron chi connectivity index (χ4n) is 2.10. The van der Waals surface area contributed by atoms with Crippen molar-refractivity contribution in [3.05, 3.63) is 35.0 Å². The standard InChI is InChI=1S/C15H22N2O3S/c1-4-8-17(10-12-7-6-9-21-12)14(18)11-16(3)13(5-2)15(19)20/h4,6-7,9,13H,1,5,8,10-11H2,2-3H3,(H,19,20). The van der Waals surface area contributed by atoms with Gasteiger partial charge in [-0.1, -0.05) is 19.1 Å². The van der Waals surface area contributed by atoms with Gasteiger partial charge in [0, 0.05) is 11.4 Å². The molecule has 0 spiro atoms. The van der Waals surface area contributed by atoms with Gasteiger partial charge in [-0.05, 0) is 24.9 Å². The maximum Gasteiger partial charge on any atom is 0.320 e. The highest BCUT2D eigenvalue weighted by Gasteiger charge is 2.24. The maximum absolute atomic E-state index is 12.4. The molecule has 116 valence electrons. The molecule has 1 aromatic heterocycles. The van der Waals surface area contributed by atoms with Crippen LogP contribution in [0.3, 0.4) is 0 Å². The highest BCUT2D eigenvalue weighted by molar-refractivity contribution is 7.09. The fraction of sp³-hybridized carbons (Fsp3) is 0.467. The molecule has 1 amide bonds.